The molecule has 0 saturated carbocycles. The Hall–Kier alpha value is -1.85. The third-order valence-corrected chi connectivity index (χ3v) is 4.16. The number of amides is 5. The summed E-state index contributed by atoms with van der Waals surface area (Å²) in [5.74, 6) is -0.388. The second kappa shape index (κ2) is 18.0. The third kappa shape index (κ3) is 18.5. The van der Waals surface area contributed by atoms with Gasteiger partial charge in [-0.2, -0.15) is 0 Å². The number of unbranched alkanes of at least 4 members (excludes halogenated alkanes) is 11. The van der Waals surface area contributed by atoms with Gasteiger partial charge in [-0.15, -0.1) is 0 Å². The van der Waals surface area contributed by atoms with Crippen LogP contribution in [0.2, 0.25) is 0 Å². The third-order valence-electron chi connectivity index (χ3n) is 4.16. The van der Waals surface area contributed by atoms with Gasteiger partial charge in [0.2, 0.25) is 5.91 Å². The second-order valence-electron chi connectivity index (χ2n) is 6.70. The molecule has 6 nitrogen and oxygen atoms in total. The highest BCUT2D eigenvalue weighted by molar-refractivity contribution is 6.01. The first-order valence-corrected chi connectivity index (χ1v) is 10.1. The highest BCUT2D eigenvalue weighted by Crippen LogP contribution is 2.09. The van der Waals surface area contributed by atoms with Crippen LogP contribution in [0, 0.1) is 0 Å². The first-order chi connectivity index (χ1) is 12.6. The molecule has 0 aliphatic carbocycles. The molecule has 150 valence electrons. The number of urea groups is 2. The number of nitrogens with one attached hydrogen (secondary N) is 2. The van der Waals surface area contributed by atoms with E-state index in [0.29, 0.717) is 0 Å². The van der Waals surface area contributed by atoms with Crippen molar-refractivity contribution in [3.05, 3.63) is 12.2 Å². The molecular weight excluding hydrogens is 330 g/mol. The van der Waals surface area contributed by atoms with E-state index in [-0.39, 0.29) is 12.3 Å². The van der Waals surface area contributed by atoms with Crippen molar-refractivity contribution in [3.8, 4) is 0 Å². The molecular formula is C20H37N3O3. The molecule has 0 saturated heterocycles. The van der Waals surface area contributed by atoms with Crippen LogP contribution in [0.15, 0.2) is 12.2 Å². The van der Waals surface area contributed by atoms with E-state index in [4.69, 9.17) is 5.73 Å². The van der Waals surface area contributed by atoms with Crippen LogP contribution >= 0.6 is 0 Å². The van der Waals surface area contributed by atoms with Crippen molar-refractivity contribution in [1.29, 1.82) is 0 Å². The summed E-state index contributed by atoms with van der Waals surface area (Å²) in [4.78, 5) is 32.9. The molecule has 0 unspecified atom stereocenters. The van der Waals surface area contributed by atoms with Gasteiger partial charge in [0.05, 0.1) is 0 Å². The number of nitrogens with two attached hydrogens (primary N) is 1. The van der Waals surface area contributed by atoms with Gasteiger partial charge in [-0.25, -0.2) is 9.59 Å². The molecule has 5 amide bonds. The molecule has 0 bridgehead atoms. The van der Waals surface area contributed by atoms with Gasteiger partial charge in [-0.3, -0.25) is 15.4 Å². The number of rotatable bonds is 15. The maximum absolute atomic E-state index is 11.4. The van der Waals surface area contributed by atoms with E-state index in [9.17, 15) is 14.4 Å². The average molecular weight is 368 g/mol. The van der Waals surface area contributed by atoms with E-state index in [1.165, 1.54) is 51.4 Å². The Morgan fingerprint density at radius 3 is 1.77 bits per heavy atom. The zero-order chi connectivity index (χ0) is 19.5. The van der Waals surface area contributed by atoms with Crippen LogP contribution in [-0.2, 0) is 4.79 Å². The van der Waals surface area contributed by atoms with Crippen molar-refractivity contribution in [2.45, 2.75) is 96.8 Å². The van der Waals surface area contributed by atoms with E-state index in [1.807, 2.05) is 0 Å². The van der Waals surface area contributed by atoms with Gasteiger partial charge in [-0.05, 0) is 32.1 Å². The Morgan fingerprint density at radius 2 is 1.23 bits per heavy atom. The number of carbonyl (C=O) groups excluding carboxylic acids is 3. The normalized spacial score (nSPS) is 10.8. The molecule has 0 heterocycles. The maximum Gasteiger partial charge on any atom is 0.329 e. The van der Waals surface area contributed by atoms with Crippen LogP contribution in [0.1, 0.15) is 96.8 Å². The Bertz CT molecular complexity index is 423. The minimum atomic E-state index is -0.976. The number of carbonyl (C=O) groups is 3. The van der Waals surface area contributed by atoms with Crippen LogP contribution in [0.4, 0.5) is 9.59 Å². The lowest BCUT2D eigenvalue weighted by Gasteiger charge is -2.03. The van der Waals surface area contributed by atoms with Gasteiger partial charge in [0.1, 0.15) is 0 Å². The molecule has 0 aliphatic heterocycles. The lowest BCUT2D eigenvalue weighted by atomic mass is 10.1. The molecule has 0 aromatic carbocycles. The van der Waals surface area contributed by atoms with Crippen LogP contribution in [-0.4, -0.2) is 18.0 Å². The summed E-state index contributed by atoms with van der Waals surface area (Å²) in [7, 11) is 0. The topological polar surface area (TPSA) is 101 Å². The van der Waals surface area contributed by atoms with E-state index < -0.39 is 12.1 Å². The Morgan fingerprint density at radius 1 is 0.731 bits per heavy atom. The number of hydrogen-bond donors (Lipinski definition) is 3. The molecule has 26 heavy (non-hydrogen) atoms. The monoisotopic (exact) mass is 367 g/mol. The maximum atomic E-state index is 11.4. The van der Waals surface area contributed by atoms with Gasteiger partial charge < -0.3 is 5.73 Å². The Kier molecular flexibility index (Phi) is 16.7. The van der Waals surface area contributed by atoms with Gasteiger partial charge in [0.15, 0.2) is 0 Å². The van der Waals surface area contributed by atoms with Crippen molar-refractivity contribution < 1.29 is 14.4 Å². The average Bonchev–Trinajstić information content (AvgIpc) is 2.57. The quantitative estimate of drug-likeness (QED) is 0.282. The summed E-state index contributed by atoms with van der Waals surface area (Å²) in [6.45, 7) is 2.24. The molecule has 0 atom stereocenters. The van der Waals surface area contributed by atoms with Crippen molar-refractivity contribution in [2.75, 3.05) is 0 Å². The fourth-order valence-electron chi connectivity index (χ4n) is 2.69. The Balaban J connectivity index is 3.32. The first-order valence-electron chi connectivity index (χ1n) is 10.1. The lowest BCUT2D eigenvalue weighted by molar-refractivity contribution is -0.120. The summed E-state index contributed by atoms with van der Waals surface area (Å²) in [6.07, 6.45) is 20.4. The molecule has 0 rings (SSSR count). The first kappa shape index (κ1) is 24.1. The van der Waals surface area contributed by atoms with Crippen LogP contribution in [0.5, 0.6) is 0 Å². The molecule has 0 aromatic rings. The van der Waals surface area contributed by atoms with Crippen LogP contribution in [0.25, 0.3) is 0 Å². The van der Waals surface area contributed by atoms with Gasteiger partial charge in [0, 0.05) is 6.42 Å². The van der Waals surface area contributed by atoms with Crippen molar-refractivity contribution in [3.63, 3.8) is 0 Å². The van der Waals surface area contributed by atoms with E-state index >= 15 is 0 Å². The van der Waals surface area contributed by atoms with E-state index in [2.05, 4.69) is 24.4 Å². The SMILES string of the molecule is CCCCCCCC/C=C\CCCCCCCC(=O)NC(=O)NC(N)=O. The minimum Gasteiger partial charge on any atom is -0.351 e. The summed E-state index contributed by atoms with van der Waals surface area (Å²) < 4.78 is 0. The van der Waals surface area contributed by atoms with Crippen molar-refractivity contribution >= 4 is 18.0 Å². The smallest absolute Gasteiger partial charge is 0.329 e. The number of primary amides is 1. The zero-order valence-corrected chi connectivity index (χ0v) is 16.4. The van der Waals surface area contributed by atoms with E-state index in [1.54, 1.807) is 5.32 Å². The predicted octanol–water partition coefficient (Wildman–Crippen LogP) is 4.93. The molecule has 0 aliphatic rings. The number of hydrogen-bond acceptors (Lipinski definition) is 3. The molecule has 0 aromatic heterocycles. The van der Waals surface area contributed by atoms with Gasteiger partial charge in [-0.1, -0.05) is 70.4 Å². The molecule has 4 N–H and O–H groups in total. The number of imide groups is 2. The highest BCUT2D eigenvalue weighted by Gasteiger charge is 2.08. The van der Waals surface area contributed by atoms with Crippen LogP contribution < -0.4 is 16.4 Å². The lowest BCUT2D eigenvalue weighted by Crippen LogP contribution is -2.44. The van der Waals surface area contributed by atoms with E-state index in [0.717, 1.165) is 32.1 Å². The molecule has 0 radical (unpaired) electrons. The predicted molar refractivity (Wildman–Crippen MR) is 106 cm³/mol. The zero-order valence-electron chi connectivity index (χ0n) is 16.4. The summed E-state index contributed by atoms with van der Waals surface area (Å²) >= 11 is 0. The fraction of sp³-hybridized carbons (Fsp3) is 0.750. The second-order valence-corrected chi connectivity index (χ2v) is 6.70. The van der Waals surface area contributed by atoms with Crippen molar-refractivity contribution in [2.24, 2.45) is 5.73 Å². The Labute approximate surface area is 158 Å². The van der Waals surface area contributed by atoms with Gasteiger partial charge >= 0.3 is 12.1 Å². The largest absolute Gasteiger partial charge is 0.351 e. The standard InChI is InChI=1S/C20H37N3O3/c1-2-3-4-5-6-7-8-9-10-11-12-13-14-15-16-17-18(24)22-20(26)23-19(21)25/h9-10H,2-8,11-17H2,1H3,(H4,21,22,23,24,25,26)/b10-9-. The van der Waals surface area contributed by atoms with Crippen molar-refractivity contribution in [1.82, 2.24) is 10.6 Å². The van der Waals surface area contributed by atoms with Crippen LogP contribution in [0.3, 0.4) is 0 Å². The molecule has 6 heteroatoms. The fourth-order valence-corrected chi connectivity index (χ4v) is 2.69. The molecule has 0 spiro atoms. The van der Waals surface area contributed by atoms with Gasteiger partial charge in [0.25, 0.3) is 0 Å². The minimum absolute atomic E-state index is 0.282. The summed E-state index contributed by atoms with van der Waals surface area (Å²) in [5.41, 5.74) is 4.78. The highest BCUT2D eigenvalue weighted by atomic mass is 16.2. The summed E-state index contributed by atoms with van der Waals surface area (Å²) in [6, 6.07) is -1.84. The number of allylic oxidation sites excluding steroid dienone is 2. The summed E-state index contributed by atoms with van der Waals surface area (Å²) in [5, 5.41) is 3.85. The molecule has 0 fully saturated rings.